The molecular weight excluding hydrogens is 328 g/mol. The monoisotopic (exact) mass is 350 g/mol. The molecule has 1 aromatic heterocycles. The van der Waals surface area contributed by atoms with Crippen molar-refractivity contribution in [1.29, 1.82) is 0 Å². The van der Waals surface area contributed by atoms with E-state index in [1.165, 1.54) is 18.4 Å². The lowest BCUT2D eigenvalue weighted by Gasteiger charge is -2.17. The first kappa shape index (κ1) is 18.2. The Labute approximate surface area is 142 Å². The Kier molecular flexibility index (Phi) is 6.16. The van der Waals surface area contributed by atoms with E-state index in [1.54, 1.807) is 36.2 Å². The molecule has 0 aliphatic carbocycles. The van der Waals surface area contributed by atoms with E-state index in [0.29, 0.717) is 17.9 Å². The van der Waals surface area contributed by atoms with Crippen molar-refractivity contribution in [2.45, 2.75) is 31.2 Å². The van der Waals surface area contributed by atoms with Gasteiger partial charge in [-0.05, 0) is 36.8 Å². The lowest BCUT2D eigenvalue weighted by atomic mass is 10.2. The number of carbonyl (C=O) groups is 1. The van der Waals surface area contributed by atoms with Crippen molar-refractivity contribution in [3.63, 3.8) is 0 Å². The molecule has 0 saturated heterocycles. The molecule has 0 saturated carbocycles. The van der Waals surface area contributed by atoms with Crippen molar-refractivity contribution in [3.8, 4) is 0 Å². The summed E-state index contributed by atoms with van der Waals surface area (Å²) in [4.78, 5) is 14.0. The van der Waals surface area contributed by atoms with Gasteiger partial charge in [0.05, 0.1) is 17.7 Å². The zero-order valence-corrected chi connectivity index (χ0v) is 14.7. The van der Waals surface area contributed by atoms with Crippen LogP contribution in [0.1, 0.15) is 35.9 Å². The quantitative estimate of drug-likeness (QED) is 0.794. The molecule has 1 amide bonds. The Balaban J connectivity index is 2.12. The fourth-order valence-electron chi connectivity index (χ4n) is 2.18. The van der Waals surface area contributed by atoms with Gasteiger partial charge in [-0.25, -0.2) is 13.1 Å². The third-order valence-electron chi connectivity index (χ3n) is 3.60. The van der Waals surface area contributed by atoms with Crippen LogP contribution in [0, 0.1) is 0 Å². The first-order valence-electron chi connectivity index (χ1n) is 7.81. The number of furan rings is 1. The van der Waals surface area contributed by atoms with Crippen molar-refractivity contribution in [3.05, 3.63) is 54.0 Å². The van der Waals surface area contributed by atoms with E-state index >= 15 is 0 Å². The zero-order chi connectivity index (χ0) is 17.6. The van der Waals surface area contributed by atoms with E-state index in [-0.39, 0.29) is 17.3 Å². The highest BCUT2D eigenvalue weighted by atomic mass is 32.2. The number of nitrogens with one attached hydrogen (secondary N) is 1. The van der Waals surface area contributed by atoms with Crippen molar-refractivity contribution in [2.75, 3.05) is 13.6 Å². The van der Waals surface area contributed by atoms with E-state index in [4.69, 9.17) is 4.42 Å². The smallest absolute Gasteiger partial charge is 0.253 e. The Bertz CT molecular complexity index is 770. The number of unbranched alkanes of at least 4 members (excludes halogenated alkanes) is 1. The first-order valence-corrected chi connectivity index (χ1v) is 9.30. The number of hydrogen-bond acceptors (Lipinski definition) is 4. The van der Waals surface area contributed by atoms with Crippen LogP contribution in [0.15, 0.2) is 52.0 Å². The van der Waals surface area contributed by atoms with Gasteiger partial charge in [-0.2, -0.15) is 0 Å². The third kappa shape index (κ3) is 4.69. The summed E-state index contributed by atoms with van der Waals surface area (Å²) >= 11 is 0. The fourth-order valence-corrected chi connectivity index (χ4v) is 3.21. The summed E-state index contributed by atoms with van der Waals surface area (Å²) in [7, 11) is -2.00. The third-order valence-corrected chi connectivity index (χ3v) is 5.00. The standard InChI is InChI=1S/C17H22N2O4S/c1-3-4-10-19(2)17(20)14-7-5-9-16(12-14)24(21,22)18-13-15-8-6-11-23-15/h5-9,11-12,18H,3-4,10,13H2,1-2H3. The molecule has 1 aromatic carbocycles. The average molecular weight is 350 g/mol. The van der Waals surface area contributed by atoms with Gasteiger partial charge < -0.3 is 9.32 Å². The second-order valence-corrected chi connectivity index (χ2v) is 7.28. The molecule has 0 aliphatic heterocycles. The predicted molar refractivity (Wildman–Crippen MR) is 91.0 cm³/mol. The molecular formula is C17H22N2O4S. The number of sulfonamides is 1. The normalized spacial score (nSPS) is 11.4. The van der Waals surface area contributed by atoms with E-state index in [9.17, 15) is 13.2 Å². The highest BCUT2D eigenvalue weighted by molar-refractivity contribution is 7.89. The molecule has 2 aromatic rings. The summed E-state index contributed by atoms with van der Waals surface area (Å²) in [5, 5.41) is 0. The Morgan fingerprint density at radius 2 is 2.04 bits per heavy atom. The second-order valence-electron chi connectivity index (χ2n) is 5.51. The van der Waals surface area contributed by atoms with Crippen molar-refractivity contribution in [1.82, 2.24) is 9.62 Å². The number of carbonyl (C=O) groups excluding carboxylic acids is 1. The lowest BCUT2D eigenvalue weighted by Crippen LogP contribution is -2.28. The van der Waals surface area contributed by atoms with E-state index in [2.05, 4.69) is 11.6 Å². The zero-order valence-electron chi connectivity index (χ0n) is 13.9. The van der Waals surface area contributed by atoms with Crippen LogP contribution in [0.5, 0.6) is 0 Å². The molecule has 1 N–H and O–H groups in total. The fraction of sp³-hybridized carbons (Fsp3) is 0.353. The lowest BCUT2D eigenvalue weighted by molar-refractivity contribution is 0.0793. The van der Waals surface area contributed by atoms with Crippen molar-refractivity contribution < 1.29 is 17.6 Å². The van der Waals surface area contributed by atoms with Gasteiger partial charge in [0, 0.05) is 19.2 Å². The van der Waals surface area contributed by atoms with Crippen LogP contribution in [0.25, 0.3) is 0 Å². The molecule has 0 atom stereocenters. The molecule has 1 heterocycles. The van der Waals surface area contributed by atoms with E-state index in [0.717, 1.165) is 12.8 Å². The highest BCUT2D eigenvalue weighted by Crippen LogP contribution is 2.14. The summed E-state index contributed by atoms with van der Waals surface area (Å²) in [5.74, 6) is 0.330. The van der Waals surface area contributed by atoms with Crippen LogP contribution in [-0.4, -0.2) is 32.8 Å². The maximum atomic E-state index is 12.4. The maximum Gasteiger partial charge on any atom is 0.253 e. The van der Waals surface area contributed by atoms with Crippen LogP contribution in [0.2, 0.25) is 0 Å². The Hall–Kier alpha value is -2.12. The average Bonchev–Trinajstić information content (AvgIpc) is 3.11. The molecule has 0 aliphatic rings. The minimum absolute atomic E-state index is 0.0591. The van der Waals surface area contributed by atoms with Gasteiger partial charge in [0.1, 0.15) is 5.76 Å². The molecule has 0 radical (unpaired) electrons. The van der Waals surface area contributed by atoms with Gasteiger partial charge in [0.25, 0.3) is 5.91 Å². The number of rotatable bonds is 8. The Morgan fingerprint density at radius 3 is 2.71 bits per heavy atom. The molecule has 0 bridgehead atoms. The van der Waals surface area contributed by atoms with E-state index in [1.807, 2.05) is 0 Å². The van der Waals surface area contributed by atoms with Gasteiger partial charge in [-0.15, -0.1) is 0 Å². The maximum absolute atomic E-state index is 12.4. The van der Waals surface area contributed by atoms with Gasteiger partial charge >= 0.3 is 0 Å². The molecule has 24 heavy (non-hydrogen) atoms. The SMILES string of the molecule is CCCCN(C)C(=O)c1cccc(S(=O)(=O)NCc2ccco2)c1. The Morgan fingerprint density at radius 1 is 1.25 bits per heavy atom. The van der Waals surface area contributed by atoms with E-state index < -0.39 is 10.0 Å². The molecule has 0 fully saturated rings. The van der Waals surface area contributed by atoms with Crippen molar-refractivity contribution >= 4 is 15.9 Å². The second kappa shape index (κ2) is 8.12. The van der Waals surface area contributed by atoms with Gasteiger partial charge in [0.2, 0.25) is 10.0 Å². The minimum Gasteiger partial charge on any atom is -0.468 e. The summed E-state index contributed by atoms with van der Waals surface area (Å²) in [6.45, 7) is 2.75. The number of hydrogen-bond donors (Lipinski definition) is 1. The van der Waals surface area contributed by atoms with Crippen LogP contribution in [0.4, 0.5) is 0 Å². The van der Waals surface area contributed by atoms with Gasteiger partial charge in [0.15, 0.2) is 0 Å². The first-order chi connectivity index (χ1) is 11.4. The van der Waals surface area contributed by atoms with Crippen LogP contribution >= 0.6 is 0 Å². The van der Waals surface area contributed by atoms with Crippen molar-refractivity contribution in [2.24, 2.45) is 0 Å². The molecule has 7 heteroatoms. The number of benzene rings is 1. The molecule has 0 unspecified atom stereocenters. The number of nitrogens with zero attached hydrogens (tertiary/aromatic N) is 1. The predicted octanol–water partition coefficient (Wildman–Crippen LogP) is 2.63. The van der Waals surface area contributed by atoms with Crippen LogP contribution in [-0.2, 0) is 16.6 Å². The summed E-state index contributed by atoms with van der Waals surface area (Å²) < 4.78 is 32.3. The highest BCUT2D eigenvalue weighted by Gasteiger charge is 2.18. The van der Waals surface area contributed by atoms with Gasteiger partial charge in [-0.3, -0.25) is 4.79 Å². The summed E-state index contributed by atoms with van der Waals surface area (Å²) in [5.41, 5.74) is 0.356. The molecule has 6 nitrogen and oxygen atoms in total. The molecule has 2 rings (SSSR count). The van der Waals surface area contributed by atoms with Crippen LogP contribution in [0.3, 0.4) is 0 Å². The molecule has 0 spiro atoms. The summed E-state index contributed by atoms with van der Waals surface area (Å²) in [6, 6.07) is 9.43. The number of amides is 1. The minimum atomic E-state index is -3.72. The largest absolute Gasteiger partial charge is 0.468 e. The van der Waals surface area contributed by atoms with Gasteiger partial charge in [-0.1, -0.05) is 19.4 Å². The topological polar surface area (TPSA) is 79.6 Å². The van der Waals surface area contributed by atoms with Crippen LogP contribution < -0.4 is 4.72 Å². The summed E-state index contributed by atoms with van der Waals surface area (Å²) in [6.07, 6.45) is 3.38. The molecule has 130 valence electrons.